The number of ketones is 1. The number of likely N-dealkylation sites (N-methyl/N-ethyl adjacent to an activating group) is 1. The van der Waals surface area contributed by atoms with Gasteiger partial charge in [0.15, 0.2) is 5.78 Å². The Morgan fingerprint density at radius 3 is 2.30 bits per heavy atom. The Kier molecular flexibility index (Phi) is 7.51. The molecule has 23 heavy (non-hydrogen) atoms. The zero-order chi connectivity index (χ0) is 15.9. The lowest BCUT2D eigenvalue weighted by Gasteiger charge is -2.13. The summed E-state index contributed by atoms with van der Waals surface area (Å²) < 4.78 is 0. The molecule has 0 fully saturated rings. The number of aromatic amines is 1. The van der Waals surface area contributed by atoms with Gasteiger partial charge in [-0.2, -0.15) is 0 Å². The largest absolute Gasteiger partial charge is 0.367 e. The fourth-order valence-corrected chi connectivity index (χ4v) is 2.17. The van der Waals surface area contributed by atoms with Crippen LogP contribution in [0.25, 0.3) is 0 Å². The van der Waals surface area contributed by atoms with Crippen LogP contribution < -0.4 is 10.6 Å². The quantitative estimate of drug-likeness (QED) is 0.680. The molecular formula is C17H22ClN3O2. The maximum Gasteiger partial charge on any atom is 0.251 e. The van der Waals surface area contributed by atoms with Crippen LogP contribution in [0.4, 0.5) is 0 Å². The van der Waals surface area contributed by atoms with Crippen molar-refractivity contribution in [3.8, 4) is 0 Å². The molecule has 0 saturated carbocycles. The van der Waals surface area contributed by atoms with Crippen LogP contribution in [-0.4, -0.2) is 35.8 Å². The van der Waals surface area contributed by atoms with E-state index in [-0.39, 0.29) is 30.1 Å². The molecule has 0 aliphatic heterocycles. The lowest BCUT2D eigenvalue weighted by Crippen LogP contribution is -2.38. The average Bonchev–Trinajstić information content (AvgIpc) is 3.07. The van der Waals surface area contributed by atoms with E-state index in [1.807, 2.05) is 13.8 Å². The first kappa shape index (κ1) is 18.9. The van der Waals surface area contributed by atoms with Gasteiger partial charge in [0.05, 0.1) is 0 Å². The molecule has 124 valence electrons. The topological polar surface area (TPSA) is 74.0 Å². The molecule has 1 amide bonds. The van der Waals surface area contributed by atoms with Crippen LogP contribution in [0.2, 0.25) is 0 Å². The van der Waals surface area contributed by atoms with Crippen LogP contribution in [0, 0.1) is 0 Å². The number of H-pyrrole nitrogens is 1. The summed E-state index contributed by atoms with van der Waals surface area (Å²) >= 11 is 0. The Morgan fingerprint density at radius 1 is 1.09 bits per heavy atom. The van der Waals surface area contributed by atoms with E-state index in [9.17, 15) is 9.59 Å². The van der Waals surface area contributed by atoms with Crippen LogP contribution in [0.15, 0.2) is 42.7 Å². The van der Waals surface area contributed by atoms with E-state index in [0.717, 1.165) is 6.54 Å². The highest BCUT2D eigenvalue weighted by molar-refractivity contribution is 6.09. The highest BCUT2D eigenvalue weighted by atomic mass is 35.5. The van der Waals surface area contributed by atoms with Gasteiger partial charge in [0, 0.05) is 41.7 Å². The fourth-order valence-electron chi connectivity index (χ4n) is 2.17. The first-order chi connectivity index (χ1) is 10.6. The number of benzene rings is 1. The normalized spacial score (nSPS) is 11.4. The SMILES string of the molecule is CCN[C@H](C)CNC(=O)c1ccc(C(=O)c2cc[nH]c2)cc1.Cl. The predicted octanol–water partition coefficient (Wildman–Crippen LogP) is 2.40. The summed E-state index contributed by atoms with van der Waals surface area (Å²) in [6.07, 6.45) is 3.37. The Balaban J connectivity index is 0.00000264. The number of hydrogen-bond acceptors (Lipinski definition) is 3. The molecule has 5 nitrogen and oxygen atoms in total. The molecule has 0 spiro atoms. The van der Waals surface area contributed by atoms with E-state index >= 15 is 0 Å². The van der Waals surface area contributed by atoms with Crippen molar-refractivity contribution in [1.82, 2.24) is 15.6 Å². The van der Waals surface area contributed by atoms with Gasteiger partial charge >= 0.3 is 0 Å². The Morgan fingerprint density at radius 2 is 1.74 bits per heavy atom. The van der Waals surface area contributed by atoms with Crippen molar-refractivity contribution in [2.24, 2.45) is 0 Å². The second-order valence-corrected chi connectivity index (χ2v) is 5.17. The summed E-state index contributed by atoms with van der Waals surface area (Å²) in [6.45, 7) is 5.48. The van der Waals surface area contributed by atoms with Gasteiger partial charge in [0.25, 0.3) is 5.91 Å². The molecule has 1 aromatic carbocycles. The van der Waals surface area contributed by atoms with Gasteiger partial charge in [-0.1, -0.05) is 19.1 Å². The number of carbonyl (C=O) groups is 2. The van der Waals surface area contributed by atoms with Gasteiger partial charge in [-0.15, -0.1) is 12.4 Å². The van der Waals surface area contributed by atoms with E-state index in [0.29, 0.717) is 23.2 Å². The molecule has 6 heteroatoms. The third-order valence-corrected chi connectivity index (χ3v) is 3.39. The minimum Gasteiger partial charge on any atom is -0.367 e. The molecular weight excluding hydrogens is 314 g/mol. The van der Waals surface area contributed by atoms with Crippen LogP contribution >= 0.6 is 12.4 Å². The van der Waals surface area contributed by atoms with E-state index in [4.69, 9.17) is 0 Å². The van der Waals surface area contributed by atoms with Crippen molar-refractivity contribution < 1.29 is 9.59 Å². The van der Waals surface area contributed by atoms with Crippen molar-refractivity contribution in [2.45, 2.75) is 19.9 Å². The standard InChI is InChI=1S/C17H21N3O2.ClH/c1-3-19-12(2)10-20-17(22)14-6-4-13(5-7-14)16(21)15-8-9-18-11-15;/h4-9,11-12,18-19H,3,10H2,1-2H3,(H,20,22);1H/t12-;/m1./s1. The first-order valence-electron chi connectivity index (χ1n) is 7.41. The van der Waals surface area contributed by atoms with Gasteiger partial charge in [0.1, 0.15) is 0 Å². The zero-order valence-corrected chi connectivity index (χ0v) is 14.1. The fraction of sp³-hybridized carbons (Fsp3) is 0.294. The van der Waals surface area contributed by atoms with Crippen molar-refractivity contribution in [1.29, 1.82) is 0 Å². The van der Waals surface area contributed by atoms with Gasteiger partial charge in [-0.25, -0.2) is 0 Å². The van der Waals surface area contributed by atoms with Crippen molar-refractivity contribution in [2.75, 3.05) is 13.1 Å². The lowest BCUT2D eigenvalue weighted by molar-refractivity contribution is 0.0948. The second kappa shape index (κ2) is 9.12. The summed E-state index contributed by atoms with van der Waals surface area (Å²) in [5.74, 6) is -0.195. The van der Waals surface area contributed by atoms with Gasteiger partial charge in [-0.3, -0.25) is 9.59 Å². The highest BCUT2D eigenvalue weighted by Gasteiger charge is 2.11. The van der Waals surface area contributed by atoms with E-state index in [1.54, 1.807) is 42.7 Å². The monoisotopic (exact) mass is 335 g/mol. The zero-order valence-electron chi connectivity index (χ0n) is 13.3. The number of hydrogen-bond donors (Lipinski definition) is 3. The minimum atomic E-state index is -0.134. The number of nitrogens with one attached hydrogen (secondary N) is 3. The van der Waals surface area contributed by atoms with E-state index < -0.39 is 0 Å². The van der Waals surface area contributed by atoms with E-state index in [1.165, 1.54) is 0 Å². The molecule has 1 heterocycles. The molecule has 0 unspecified atom stereocenters. The Hall–Kier alpha value is -2.11. The predicted molar refractivity (Wildman–Crippen MR) is 93.4 cm³/mol. The molecule has 1 atom stereocenters. The number of amides is 1. The van der Waals surface area contributed by atoms with Crippen molar-refractivity contribution >= 4 is 24.1 Å². The average molecular weight is 336 g/mol. The van der Waals surface area contributed by atoms with Crippen LogP contribution in [0.5, 0.6) is 0 Å². The van der Waals surface area contributed by atoms with Crippen LogP contribution in [-0.2, 0) is 0 Å². The first-order valence-corrected chi connectivity index (χ1v) is 7.41. The molecule has 0 saturated heterocycles. The smallest absolute Gasteiger partial charge is 0.251 e. The number of aromatic nitrogens is 1. The molecule has 0 radical (unpaired) electrons. The summed E-state index contributed by atoms with van der Waals surface area (Å²) in [6, 6.07) is 8.66. The van der Waals surface area contributed by atoms with Gasteiger partial charge in [-0.05, 0) is 31.7 Å². The third-order valence-electron chi connectivity index (χ3n) is 3.39. The summed E-state index contributed by atoms with van der Waals surface area (Å²) in [4.78, 5) is 27.0. The second-order valence-electron chi connectivity index (χ2n) is 5.17. The molecule has 3 N–H and O–H groups in total. The van der Waals surface area contributed by atoms with E-state index in [2.05, 4.69) is 15.6 Å². The summed E-state index contributed by atoms with van der Waals surface area (Å²) in [5.41, 5.74) is 1.73. The van der Waals surface area contributed by atoms with Crippen molar-refractivity contribution in [3.05, 3.63) is 59.4 Å². The summed E-state index contributed by atoms with van der Waals surface area (Å²) in [5, 5.41) is 6.10. The van der Waals surface area contributed by atoms with Gasteiger partial charge < -0.3 is 15.6 Å². The number of rotatable bonds is 7. The maximum absolute atomic E-state index is 12.1. The molecule has 0 aliphatic rings. The third kappa shape index (κ3) is 5.23. The highest BCUT2D eigenvalue weighted by Crippen LogP contribution is 2.10. The Bertz CT molecular complexity index is 624. The van der Waals surface area contributed by atoms with Gasteiger partial charge in [0.2, 0.25) is 0 Å². The molecule has 0 bridgehead atoms. The van der Waals surface area contributed by atoms with Crippen LogP contribution in [0.3, 0.4) is 0 Å². The Labute approximate surface area is 142 Å². The lowest BCUT2D eigenvalue weighted by atomic mass is 10.0. The molecule has 0 aliphatic carbocycles. The molecule has 1 aromatic heterocycles. The molecule has 2 aromatic rings. The number of carbonyl (C=O) groups excluding carboxylic acids is 2. The summed E-state index contributed by atoms with van der Waals surface area (Å²) in [7, 11) is 0. The van der Waals surface area contributed by atoms with Crippen molar-refractivity contribution in [3.63, 3.8) is 0 Å². The molecule has 2 rings (SSSR count). The minimum absolute atomic E-state index is 0. The number of halogens is 1. The van der Waals surface area contributed by atoms with Crippen LogP contribution in [0.1, 0.15) is 40.1 Å². The maximum atomic E-state index is 12.1.